The Labute approximate surface area is 186 Å². The fourth-order valence-electron chi connectivity index (χ4n) is 3.47. The molecule has 1 aromatic carbocycles. The summed E-state index contributed by atoms with van der Waals surface area (Å²) in [6.07, 6.45) is 2.58. The predicted molar refractivity (Wildman–Crippen MR) is 125 cm³/mol. The molecule has 31 heavy (non-hydrogen) atoms. The van der Waals surface area contributed by atoms with E-state index in [1.165, 1.54) is 11.1 Å². The number of hydrogen-bond acceptors (Lipinski definition) is 5. The zero-order chi connectivity index (χ0) is 21.7. The summed E-state index contributed by atoms with van der Waals surface area (Å²) < 4.78 is 10.9. The van der Waals surface area contributed by atoms with Crippen LogP contribution in [0.5, 0.6) is 0 Å². The van der Waals surface area contributed by atoms with Crippen molar-refractivity contribution < 1.29 is 9.15 Å². The predicted octanol–water partition coefficient (Wildman–Crippen LogP) is 2.69. The highest BCUT2D eigenvalue weighted by Gasteiger charge is 2.13. The van der Waals surface area contributed by atoms with Gasteiger partial charge < -0.3 is 24.7 Å². The molecule has 2 aromatic rings. The third-order valence-corrected chi connectivity index (χ3v) is 5.37. The number of furan rings is 1. The molecule has 1 aliphatic heterocycles. The van der Waals surface area contributed by atoms with E-state index in [1.807, 2.05) is 12.1 Å². The van der Waals surface area contributed by atoms with Crippen molar-refractivity contribution in [2.45, 2.75) is 33.0 Å². The molecule has 1 saturated heterocycles. The van der Waals surface area contributed by atoms with E-state index in [0.717, 1.165) is 64.0 Å². The molecule has 1 aromatic heterocycles. The van der Waals surface area contributed by atoms with Gasteiger partial charge in [-0.15, -0.1) is 0 Å². The first-order valence-corrected chi connectivity index (χ1v) is 11.3. The van der Waals surface area contributed by atoms with Crippen LogP contribution in [-0.4, -0.2) is 68.7 Å². The molecule has 0 atom stereocenters. The number of ether oxygens (including phenoxy) is 1. The Bertz CT molecular complexity index is 753. The van der Waals surface area contributed by atoms with Crippen LogP contribution in [-0.2, 0) is 24.4 Å². The zero-order valence-corrected chi connectivity index (χ0v) is 19.0. The molecule has 1 fully saturated rings. The van der Waals surface area contributed by atoms with Gasteiger partial charge in [-0.3, -0.25) is 4.90 Å². The van der Waals surface area contributed by atoms with Crippen LogP contribution >= 0.6 is 0 Å². The van der Waals surface area contributed by atoms with Gasteiger partial charge in [0.15, 0.2) is 5.96 Å². The maximum absolute atomic E-state index is 5.62. The van der Waals surface area contributed by atoms with Crippen molar-refractivity contribution in [3.63, 3.8) is 0 Å². The lowest BCUT2D eigenvalue weighted by atomic mass is 10.1. The minimum absolute atomic E-state index is 0.520. The van der Waals surface area contributed by atoms with Gasteiger partial charge in [-0.25, -0.2) is 4.99 Å². The van der Waals surface area contributed by atoms with Gasteiger partial charge in [-0.1, -0.05) is 24.3 Å². The summed E-state index contributed by atoms with van der Waals surface area (Å²) in [5, 5.41) is 6.69. The third kappa shape index (κ3) is 8.73. The SMILES string of the molecule is CCNC(=NCc1ccc(CN2CCN(C)CC2)cc1)NCCCOCc1ccco1. The van der Waals surface area contributed by atoms with E-state index in [1.54, 1.807) is 6.26 Å². The molecule has 2 heterocycles. The van der Waals surface area contributed by atoms with E-state index in [0.29, 0.717) is 19.8 Å². The Morgan fingerprint density at radius 2 is 1.84 bits per heavy atom. The molecular weight excluding hydrogens is 390 g/mol. The smallest absolute Gasteiger partial charge is 0.191 e. The van der Waals surface area contributed by atoms with E-state index in [4.69, 9.17) is 14.1 Å². The normalized spacial score (nSPS) is 15.9. The lowest BCUT2D eigenvalue weighted by molar-refractivity contribution is 0.105. The van der Waals surface area contributed by atoms with E-state index < -0.39 is 0 Å². The summed E-state index contributed by atoms with van der Waals surface area (Å²) in [5.41, 5.74) is 2.60. The largest absolute Gasteiger partial charge is 0.467 e. The van der Waals surface area contributed by atoms with Crippen molar-refractivity contribution in [3.05, 3.63) is 59.5 Å². The minimum Gasteiger partial charge on any atom is -0.467 e. The van der Waals surface area contributed by atoms with Crippen molar-refractivity contribution in [2.24, 2.45) is 4.99 Å². The van der Waals surface area contributed by atoms with Crippen LogP contribution in [0.25, 0.3) is 0 Å². The van der Waals surface area contributed by atoms with Crippen molar-refractivity contribution >= 4 is 5.96 Å². The number of rotatable bonds is 11. The first-order chi connectivity index (χ1) is 15.2. The molecule has 3 rings (SSSR count). The number of likely N-dealkylation sites (N-methyl/N-ethyl adjacent to an activating group) is 1. The van der Waals surface area contributed by atoms with Crippen LogP contribution in [0.1, 0.15) is 30.2 Å². The monoisotopic (exact) mass is 427 g/mol. The first-order valence-electron chi connectivity index (χ1n) is 11.3. The molecule has 1 aliphatic rings. The summed E-state index contributed by atoms with van der Waals surface area (Å²) in [6, 6.07) is 12.7. The molecule has 0 saturated carbocycles. The second-order valence-electron chi connectivity index (χ2n) is 8.00. The number of benzene rings is 1. The highest BCUT2D eigenvalue weighted by molar-refractivity contribution is 5.79. The lowest BCUT2D eigenvalue weighted by Gasteiger charge is -2.32. The highest BCUT2D eigenvalue weighted by atomic mass is 16.5. The Morgan fingerprint density at radius 1 is 1.06 bits per heavy atom. The van der Waals surface area contributed by atoms with E-state index in [-0.39, 0.29) is 0 Å². The van der Waals surface area contributed by atoms with Crippen LogP contribution in [0.2, 0.25) is 0 Å². The van der Waals surface area contributed by atoms with E-state index >= 15 is 0 Å². The molecular formula is C24H37N5O2. The molecule has 7 heteroatoms. The van der Waals surface area contributed by atoms with Crippen LogP contribution in [0, 0.1) is 0 Å². The molecule has 2 N–H and O–H groups in total. The van der Waals surface area contributed by atoms with Crippen molar-refractivity contribution in [1.29, 1.82) is 0 Å². The quantitative estimate of drug-likeness (QED) is 0.327. The fourth-order valence-corrected chi connectivity index (χ4v) is 3.47. The van der Waals surface area contributed by atoms with E-state index in [2.05, 4.69) is 58.7 Å². The van der Waals surface area contributed by atoms with Gasteiger partial charge in [0.05, 0.1) is 12.8 Å². The average molecular weight is 428 g/mol. The summed E-state index contributed by atoms with van der Waals surface area (Å²) in [4.78, 5) is 9.64. The Kier molecular flexibility index (Phi) is 9.89. The molecule has 0 bridgehead atoms. The van der Waals surface area contributed by atoms with Crippen molar-refractivity contribution in [2.75, 3.05) is 52.9 Å². The van der Waals surface area contributed by atoms with Gasteiger partial charge in [0, 0.05) is 52.4 Å². The summed E-state index contributed by atoms with van der Waals surface area (Å²) in [5.74, 6) is 1.70. The number of aliphatic imine (C=N–C) groups is 1. The molecule has 0 spiro atoms. The Hall–Kier alpha value is -2.35. The minimum atomic E-state index is 0.520. The molecule has 0 unspecified atom stereocenters. The van der Waals surface area contributed by atoms with Gasteiger partial charge in [0.25, 0.3) is 0 Å². The number of guanidine groups is 1. The fraction of sp³-hybridized carbons (Fsp3) is 0.542. The van der Waals surface area contributed by atoms with Crippen molar-refractivity contribution in [1.82, 2.24) is 20.4 Å². The number of nitrogens with zero attached hydrogens (tertiary/aromatic N) is 3. The number of piperazine rings is 1. The van der Waals surface area contributed by atoms with Crippen LogP contribution in [0.4, 0.5) is 0 Å². The van der Waals surface area contributed by atoms with Gasteiger partial charge in [-0.2, -0.15) is 0 Å². The third-order valence-electron chi connectivity index (χ3n) is 5.37. The topological polar surface area (TPSA) is 65.3 Å². The van der Waals surface area contributed by atoms with Gasteiger partial charge >= 0.3 is 0 Å². The van der Waals surface area contributed by atoms with Crippen LogP contribution < -0.4 is 10.6 Å². The molecule has 170 valence electrons. The van der Waals surface area contributed by atoms with Crippen LogP contribution in [0.15, 0.2) is 52.1 Å². The van der Waals surface area contributed by atoms with Gasteiger partial charge in [-0.05, 0) is 43.7 Å². The zero-order valence-electron chi connectivity index (χ0n) is 19.0. The van der Waals surface area contributed by atoms with Gasteiger partial charge in [0.1, 0.15) is 12.4 Å². The number of nitrogens with one attached hydrogen (secondary N) is 2. The Morgan fingerprint density at radius 3 is 2.55 bits per heavy atom. The molecule has 7 nitrogen and oxygen atoms in total. The number of hydrogen-bond donors (Lipinski definition) is 2. The van der Waals surface area contributed by atoms with Gasteiger partial charge in [0.2, 0.25) is 0 Å². The highest BCUT2D eigenvalue weighted by Crippen LogP contribution is 2.10. The second-order valence-corrected chi connectivity index (χ2v) is 8.00. The maximum Gasteiger partial charge on any atom is 0.191 e. The standard InChI is InChI=1S/C24H37N5O2/c1-3-25-24(26-11-5-16-30-20-23-6-4-17-31-23)27-18-21-7-9-22(10-8-21)19-29-14-12-28(2)13-15-29/h4,6-10,17H,3,5,11-16,18-20H2,1-2H3,(H2,25,26,27). The summed E-state index contributed by atoms with van der Waals surface area (Å²) >= 11 is 0. The molecule has 0 aliphatic carbocycles. The van der Waals surface area contributed by atoms with E-state index in [9.17, 15) is 0 Å². The van der Waals surface area contributed by atoms with Crippen LogP contribution in [0.3, 0.4) is 0 Å². The maximum atomic E-state index is 5.62. The second kappa shape index (κ2) is 13.1. The summed E-state index contributed by atoms with van der Waals surface area (Å²) in [7, 11) is 2.19. The van der Waals surface area contributed by atoms with Crippen molar-refractivity contribution in [3.8, 4) is 0 Å². The Balaban J connectivity index is 1.36. The first kappa shape index (κ1) is 23.3. The average Bonchev–Trinajstić information content (AvgIpc) is 3.30. The summed E-state index contributed by atoms with van der Waals surface area (Å²) in [6.45, 7) is 11.2. The molecule has 0 radical (unpaired) electrons. The lowest BCUT2D eigenvalue weighted by Crippen LogP contribution is -2.43. The molecule has 0 amide bonds.